The van der Waals surface area contributed by atoms with E-state index in [1.807, 2.05) is 18.2 Å². The number of nitrogens with one attached hydrogen (secondary N) is 2. The van der Waals surface area contributed by atoms with Crippen LogP contribution < -0.4 is 10.6 Å². The molecule has 0 fully saturated rings. The molecule has 0 radical (unpaired) electrons. The van der Waals surface area contributed by atoms with Crippen molar-refractivity contribution >= 4 is 22.2 Å². The van der Waals surface area contributed by atoms with Crippen LogP contribution in [0.5, 0.6) is 0 Å². The van der Waals surface area contributed by atoms with Gasteiger partial charge in [-0.3, -0.25) is 4.79 Å². The van der Waals surface area contributed by atoms with E-state index >= 15 is 0 Å². The highest BCUT2D eigenvalue weighted by Crippen LogP contribution is 2.41. The van der Waals surface area contributed by atoms with Gasteiger partial charge in [0.05, 0.1) is 5.56 Å². The second-order valence-corrected chi connectivity index (χ2v) is 8.06. The first-order valence-electron chi connectivity index (χ1n) is 9.17. The second kappa shape index (κ2) is 6.29. The molecule has 0 bridgehead atoms. The van der Waals surface area contributed by atoms with Crippen molar-refractivity contribution in [3.63, 3.8) is 0 Å². The van der Waals surface area contributed by atoms with E-state index in [0.717, 1.165) is 29.0 Å². The number of hydrogen-bond donors (Lipinski definition) is 2. The van der Waals surface area contributed by atoms with Crippen LogP contribution in [0.2, 0.25) is 0 Å². The zero-order chi connectivity index (χ0) is 17.5. The maximum Gasteiger partial charge on any atom is 0.256 e. The number of carbonyl (C=O) groups excluding carboxylic acids is 1. The highest BCUT2D eigenvalue weighted by molar-refractivity contribution is 7.16. The smallest absolute Gasteiger partial charge is 0.256 e. The fourth-order valence-corrected chi connectivity index (χ4v) is 5.26. The minimum Gasteiger partial charge on any atom is -0.353 e. The molecule has 4 heteroatoms. The highest BCUT2D eigenvalue weighted by Gasteiger charge is 2.31. The third-order valence-electron chi connectivity index (χ3n) is 5.30. The summed E-state index contributed by atoms with van der Waals surface area (Å²) in [6, 6.07) is 18.8. The van der Waals surface area contributed by atoms with E-state index in [0.29, 0.717) is 0 Å². The SMILES string of the molecule is O=C1NC(c2ccc(-c3ccccc3)cc2)Nc2sc3c(c21)CCCC3. The Kier molecular flexibility index (Phi) is 3.79. The predicted molar refractivity (Wildman–Crippen MR) is 107 cm³/mol. The summed E-state index contributed by atoms with van der Waals surface area (Å²) in [5.41, 5.74) is 5.63. The molecule has 3 nitrogen and oxygen atoms in total. The van der Waals surface area contributed by atoms with Gasteiger partial charge in [-0.1, -0.05) is 54.6 Å². The monoisotopic (exact) mass is 360 g/mol. The van der Waals surface area contributed by atoms with E-state index in [2.05, 4.69) is 47.0 Å². The topological polar surface area (TPSA) is 41.1 Å². The van der Waals surface area contributed by atoms with Gasteiger partial charge >= 0.3 is 0 Å². The fraction of sp³-hybridized carbons (Fsp3) is 0.227. The normalized spacial score (nSPS) is 18.5. The Bertz CT molecular complexity index is 960. The van der Waals surface area contributed by atoms with Crippen LogP contribution in [-0.2, 0) is 12.8 Å². The maximum absolute atomic E-state index is 12.7. The quantitative estimate of drug-likeness (QED) is 0.664. The summed E-state index contributed by atoms with van der Waals surface area (Å²) >= 11 is 1.77. The van der Waals surface area contributed by atoms with Gasteiger partial charge in [-0.2, -0.15) is 0 Å². The Hall–Kier alpha value is -2.59. The molecule has 2 heterocycles. The average molecular weight is 360 g/mol. The van der Waals surface area contributed by atoms with Gasteiger partial charge in [0.2, 0.25) is 0 Å². The lowest BCUT2D eigenvalue weighted by Gasteiger charge is -2.27. The molecule has 2 N–H and O–H groups in total. The van der Waals surface area contributed by atoms with Gasteiger partial charge < -0.3 is 10.6 Å². The lowest BCUT2D eigenvalue weighted by Crippen LogP contribution is -2.38. The first kappa shape index (κ1) is 15.6. The number of amides is 1. The molecule has 0 spiro atoms. The molecule has 1 aliphatic heterocycles. The molecule has 26 heavy (non-hydrogen) atoms. The predicted octanol–water partition coefficient (Wildman–Crippen LogP) is 5.15. The first-order valence-corrected chi connectivity index (χ1v) is 9.98. The van der Waals surface area contributed by atoms with E-state index < -0.39 is 0 Å². The molecule has 0 saturated heterocycles. The number of benzene rings is 2. The molecule has 1 aromatic heterocycles. The van der Waals surface area contributed by atoms with Crippen LogP contribution in [0.25, 0.3) is 11.1 Å². The number of hydrogen-bond acceptors (Lipinski definition) is 3. The highest BCUT2D eigenvalue weighted by atomic mass is 32.1. The van der Waals surface area contributed by atoms with Crippen molar-refractivity contribution in [1.29, 1.82) is 0 Å². The van der Waals surface area contributed by atoms with Crippen LogP contribution in [0.1, 0.15) is 45.4 Å². The van der Waals surface area contributed by atoms with Crippen LogP contribution in [0, 0.1) is 0 Å². The molecule has 130 valence electrons. The molecular formula is C22H20N2OS. The molecule has 1 atom stereocenters. The second-order valence-electron chi connectivity index (χ2n) is 6.95. The number of thiophene rings is 1. The van der Waals surface area contributed by atoms with Gasteiger partial charge in [-0.25, -0.2) is 0 Å². The summed E-state index contributed by atoms with van der Waals surface area (Å²) in [4.78, 5) is 14.1. The fourth-order valence-electron chi connectivity index (χ4n) is 3.94. The van der Waals surface area contributed by atoms with E-state index in [1.54, 1.807) is 11.3 Å². The molecular weight excluding hydrogens is 340 g/mol. The molecule has 2 aromatic carbocycles. The zero-order valence-corrected chi connectivity index (χ0v) is 15.2. The lowest BCUT2D eigenvalue weighted by atomic mass is 9.94. The molecule has 1 unspecified atom stereocenters. The van der Waals surface area contributed by atoms with Crippen molar-refractivity contribution < 1.29 is 4.79 Å². The van der Waals surface area contributed by atoms with E-state index in [1.165, 1.54) is 34.4 Å². The van der Waals surface area contributed by atoms with Crippen molar-refractivity contribution in [3.05, 3.63) is 76.2 Å². The Morgan fingerprint density at radius 1 is 0.846 bits per heavy atom. The minimum absolute atomic E-state index is 0.0651. The van der Waals surface area contributed by atoms with Gasteiger partial charge in [-0.15, -0.1) is 11.3 Å². The van der Waals surface area contributed by atoms with Crippen LogP contribution in [0.3, 0.4) is 0 Å². The van der Waals surface area contributed by atoms with E-state index in [9.17, 15) is 4.79 Å². The average Bonchev–Trinajstić information content (AvgIpc) is 3.08. The van der Waals surface area contributed by atoms with Crippen molar-refractivity contribution in [3.8, 4) is 11.1 Å². The van der Waals surface area contributed by atoms with Crippen LogP contribution >= 0.6 is 11.3 Å². The van der Waals surface area contributed by atoms with Crippen LogP contribution in [-0.4, -0.2) is 5.91 Å². The molecule has 5 rings (SSSR count). The van der Waals surface area contributed by atoms with Crippen molar-refractivity contribution in [2.45, 2.75) is 31.8 Å². The first-order chi connectivity index (χ1) is 12.8. The summed E-state index contributed by atoms with van der Waals surface area (Å²) in [6.45, 7) is 0. The van der Waals surface area contributed by atoms with E-state index in [4.69, 9.17) is 0 Å². The minimum atomic E-state index is -0.167. The third kappa shape index (κ3) is 2.61. The number of anilines is 1. The Balaban J connectivity index is 1.43. The summed E-state index contributed by atoms with van der Waals surface area (Å²) in [5, 5.41) is 7.73. The number of fused-ring (bicyclic) bond motifs is 3. The number of rotatable bonds is 2. The number of aryl methyl sites for hydroxylation is 1. The summed E-state index contributed by atoms with van der Waals surface area (Å²) in [5.74, 6) is 0.0651. The summed E-state index contributed by atoms with van der Waals surface area (Å²) < 4.78 is 0. The third-order valence-corrected chi connectivity index (χ3v) is 6.52. The van der Waals surface area contributed by atoms with Crippen LogP contribution in [0.4, 0.5) is 5.00 Å². The van der Waals surface area contributed by atoms with Gasteiger partial charge in [0.15, 0.2) is 0 Å². The van der Waals surface area contributed by atoms with E-state index in [-0.39, 0.29) is 12.1 Å². The Morgan fingerprint density at radius 2 is 1.58 bits per heavy atom. The molecule has 3 aromatic rings. The largest absolute Gasteiger partial charge is 0.353 e. The zero-order valence-electron chi connectivity index (χ0n) is 14.4. The Morgan fingerprint density at radius 3 is 2.38 bits per heavy atom. The standard InChI is InChI=1S/C22H20N2OS/c25-21-19-17-8-4-5-9-18(17)26-22(19)24-20(23-21)16-12-10-15(11-13-16)14-6-2-1-3-7-14/h1-3,6-7,10-13,20,24H,4-5,8-9H2,(H,23,25). The van der Waals surface area contributed by atoms with Gasteiger partial charge in [0.25, 0.3) is 5.91 Å². The Labute approximate surface area is 157 Å². The molecule has 2 aliphatic rings. The van der Waals surface area contributed by atoms with Crippen molar-refractivity contribution in [2.75, 3.05) is 5.32 Å². The van der Waals surface area contributed by atoms with Crippen molar-refractivity contribution in [2.24, 2.45) is 0 Å². The van der Waals surface area contributed by atoms with Crippen LogP contribution in [0.15, 0.2) is 54.6 Å². The van der Waals surface area contributed by atoms with Crippen molar-refractivity contribution in [1.82, 2.24) is 5.32 Å². The summed E-state index contributed by atoms with van der Waals surface area (Å²) in [7, 11) is 0. The van der Waals surface area contributed by atoms with Gasteiger partial charge in [0.1, 0.15) is 11.2 Å². The summed E-state index contributed by atoms with van der Waals surface area (Å²) in [6.07, 6.45) is 4.40. The number of carbonyl (C=O) groups is 1. The van der Waals surface area contributed by atoms with Gasteiger partial charge in [-0.05, 0) is 47.9 Å². The molecule has 1 aliphatic carbocycles. The van der Waals surface area contributed by atoms with Gasteiger partial charge in [0, 0.05) is 4.88 Å². The lowest BCUT2D eigenvalue weighted by molar-refractivity contribution is 0.0935. The maximum atomic E-state index is 12.7. The molecule has 0 saturated carbocycles. The molecule has 1 amide bonds.